The number of nitrogens with one attached hydrogen (secondary N) is 1. The first-order valence-corrected chi connectivity index (χ1v) is 15.5. The lowest BCUT2D eigenvalue weighted by atomic mass is 9.66. The van der Waals surface area contributed by atoms with Gasteiger partial charge in [-0.15, -0.1) is 0 Å². The zero-order valence-electron chi connectivity index (χ0n) is 24.9. The van der Waals surface area contributed by atoms with Crippen LogP contribution in [0.2, 0.25) is 0 Å². The van der Waals surface area contributed by atoms with Crippen molar-refractivity contribution < 1.29 is 23.9 Å². The molecule has 2 aliphatic heterocycles. The van der Waals surface area contributed by atoms with Gasteiger partial charge >= 0.3 is 5.97 Å². The summed E-state index contributed by atoms with van der Waals surface area (Å²) in [5.41, 5.74) is 1.76. The van der Waals surface area contributed by atoms with E-state index in [0.29, 0.717) is 24.7 Å². The second-order valence-corrected chi connectivity index (χ2v) is 12.1. The molecule has 2 aromatic rings. The first-order chi connectivity index (χ1) is 20.4. The van der Waals surface area contributed by atoms with Crippen LogP contribution in [0, 0.1) is 17.3 Å². The Morgan fingerprint density at radius 2 is 1.67 bits per heavy atom. The van der Waals surface area contributed by atoms with Gasteiger partial charge in [-0.05, 0) is 68.6 Å². The Morgan fingerprint density at radius 1 is 1.00 bits per heavy atom. The van der Waals surface area contributed by atoms with Crippen LogP contribution in [0.1, 0.15) is 69.4 Å². The van der Waals surface area contributed by atoms with E-state index in [1.165, 1.54) is 25.5 Å². The van der Waals surface area contributed by atoms with Crippen molar-refractivity contribution in [2.45, 2.75) is 83.5 Å². The Kier molecular flexibility index (Phi) is 9.78. The highest BCUT2D eigenvalue weighted by Gasteiger charge is 2.60. The van der Waals surface area contributed by atoms with Crippen molar-refractivity contribution in [3.05, 3.63) is 83.6 Å². The van der Waals surface area contributed by atoms with Crippen LogP contribution in [0.15, 0.2) is 72.4 Å². The van der Waals surface area contributed by atoms with E-state index in [2.05, 4.69) is 17.4 Å². The average Bonchev–Trinajstić information content (AvgIpc) is 3.55. The van der Waals surface area contributed by atoms with Gasteiger partial charge in [0.25, 0.3) is 0 Å². The fourth-order valence-electron chi connectivity index (χ4n) is 7.10. The third-order valence-electron chi connectivity index (χ3n) is 9.40. The van der Waals surface area contributed by atoms with Crippen molar-refractivity contribution in [1.82, 2.24) is 10.2 Å². The Hall–Kier alpha value is -3.45. The number of esters is 1. The van der Waals surface area contributed by atoms with Crippen molar-refractivity contribution >= 4 is 17.8 Å². The minimum absolute atomic E-state index is 0.0214. The lowest BCUT2D eigenvalue weighted by Crippen LogP contribution is -2.60. The zero-order valence-corrected chi connectivity index (χ0v) is 24.9. The number of amides is 2. The van der Waals surface area contributed by atoms with Crippen molar-refractivity contribution in [1.29, 1.82) is 0 Å². The zero-order chi connectivity index (χ0) is 29.5. The van der Waals surface area contributed by atoms with E-state index in [0.717, 1.165) is 37.7 Å². The van der Waals surface area contributed by atoms with Gasteiger partial charge in [-0.25, -0.2) is 0 Å². The molecule has 42 heavy (non-hydrogen) atoms. The van der Waals surface area contributed by atoms with Crippen LogP contribution in [0.4, 0.5) is 0 Å². The second-order valence-electron chi connectivity index (χ2n) is 12.1. The molecule has 1 aliphatic carbocycles. The number of rotatable bonds is 11. The smallest absolute Gasteiger partial charge is 0.320 e. The lowest BCUT2D eigenvalue weighted by molar-refractivity contribution is -0.178. The number of hydrogen-bond donors (Lipinski definition) is 1. The topological polar surface area (TPSA) is 84.9 Å². The second kappa shape index (κ2) is 13.7. The van der Waals surface area contributed by atoms with Gasteiger partial charge in [-0.3, -0.25) is 14.4 Å². The number of hydrogen-bond acceptors (Lipinski definition) is 5. The number of nitrogens with zero attached hydrogens (tertiary/aromatic N) is 1. The van der Waals surface area contributed by atoms with Gasteiger partial charge in [0.1, 0.15) is 5.41 Å². The van der Waals surface area contributed by atoms with E-state index >= 15 is 0 Å². The number of unbranched alkanes of at least 4 members (excludes halogenated alkanes) is 1. The van der Waals surface area contributed by atoms with E-state index in [9.17, 15) is 14.4 Å². The minimum Gasteiger partial charge on any atom is -0.468 e. The fraction of sp³-hybridized carbons (Fsp3) is 0.514. The van der Waals surface area contributed by atoms with Gasteiger partial charge in [-0.2, -0.15) is 0 Å². The Morgan fingerprint density at radius 3 is 2.33 bits per heavy atom. The number of ether oxygens (including phenoxy) is 2. The van der Waals surface area contributed by atoms with E-state index in [1.54, 1.807) is 4.90 Å². The highest BCUT2D eigenvalue weighted by atomic mass is 16.5. The van der Waals surface area contributed by atoms with Crippen molar-refractivity contribution in [2.24, 2.45) is 17.3 Å². The van der Waals surface area contributed by atoms with E-state index in [4.69, 9.17) is 9.47 Å². The predicted molar refractivity (Wildman–Crippen MR) is 161 cm³/mol. The molecule has 0 bridgehead atoms. The summed E-state index contributed by atoms with van der Waals surface area (Å²) in [7, 11) is 1.39. The molecule has 4 atom stereocenters. The number of carbonyl (C=O) groups is 3. The number of piperidine rings is 1. The average molecular weight is 573 g/mol. The molecule has 0 spiro atoms. The number of aryl methyl sites for hydroxylation is 1. The van der Waals surface area contributed by atoms with Gasteiger partial charge in [0.15, 0.2) is 0 Å². The highest BCUT2D eigenvalue weighted by molar-refractivity contribution is 5.92. The first kappa shape index (κ1) is 30.0. The molecule has 0 unspecified atom stereocenters. The third-order valence-corrected chi connectivity index (χ3v) is 9.40. The van der Waals surface area contributed by atoms with Crippen LogP contribution in [0.3, 0.4) is 0 Å². The van der Waals surface area contributed by atoms with Crippen molar-refractivity contribution in [3.63, 3.8) is 0 Å². The fourth-order valence-corrected chi connectivity index (χ4v) is 7.10. The largest absolute Gasteiger partial charge is 0.468 e. The van der Waals surface area contributed by atoms with E-state index < -0.39 is 23.4 Å². The maximum absolute atomic E-state index is 14.2. The molecule has 0 radical (unpaired) electrons. The van der Waals surface area contributed by atoms with Crippen LogP contribution in [-0.2, 0) is 36.8 Å². The minimum atomic E-state index is -1.16. The highest BCUT2D eigenvalue weighted by Crippen LogP contribution is 2.52. The SMILES string of the molecule is COC(=O)[C@]12C[C@H](CC(=O)NCCCCc3ccccc3)C(=O)N(Cc3ccccc3)C1=C[C@H](C1CCCC1)O[C@@H]2C. The number of carbonyl (C=O) groups excluding carboxylic acids is 3. The van der Waals surface area contributed by atoms with E-state index in [-0.39, 0.29) is 30.8 Å². The molecule has 3 aliphatic rings. The monoisotopic (exact) mass is 572 g/mol. The van der Waals surface area contributed by atoms with Crippen molar-refractivity contribution in [2.75, 3.05) is 13.7 Å². The van der Waals surface area contributed by atoms with Crippen LogP contribution in [0.25, 0.3) is 0 Å². The molecule has 1 saturated heterocycles. The van der Waals surface area contributed by atoms with Crippen molar-refractivity contribution in [3.8, 4) is 0 Å². The molecule has 5 rings (SSSR count). The van der Waals surface area contributed by atoms with Crippen LogP contribution >= 0.6 is 0 Å². The number of methoxy groups -OCH3 is 1. The normalized spacial score (nSPS) is 26.0. The summed E-state index contributed by atoms with van der Waals surface area (Å²) in [5.74, 6) is -1.00. The summed E-state index contributed by atoms with van der Waals surface area (Å²) in [4.78, 5) is 42.7. The van der Waals surface area contributed by atoms with E-state index in [1.807, 2.05) is 61.5 Å². The number of fused-ring (bicyclic) bond motifs is 1. The quantitative estimate of drug-likeness (QED) is 0.281. The lowest BCUT2D eigenvalue weighted by Gasteiger charge is -2.52. The Balaban J connectivity index is 1.35. The molecule has 7 heteroatoms. The molecular weight excluding hydrogens is 528 g/mol. The first-order valence-electron chi connectivity index (χ1n) is 15.5. The Bertz CT molecular complexity index is 1260. The Labute approximate surface area is 249 Å². The maximum Gasteiger partial charge on any atom is 0.320 e. The van der Waals surface area contributed by atoms with Gasteiger partial charge < -0.3 is 19.7 Å². The summed E-state index contributed by atoms with van der Waals surface area (Å²) in [6.45, 7) is 2.80. The number of likely N-dealkylation sites (tertiary alicyclic amines) is 1. The van der Waals surface area contributed by atoms with Gasteiger partial charge in [0, 0.05) is 24.6 Å². The molecule has 2 fully saturated rings. The number of benzene rings is 2. The molecule has 2 aromatic carbocycles. The van der Waals surface area contributed by atoms with Gasteiger partial charge in [0.2, 0.25) is 11.8 Å². The molecule has 2 heterocycles. The summed E-state index contributed by atoms with van der Waals surface area (Å²) in [5, 5.41) is 3.01. The summed E-state index contributed by atoms with van der Waals surface area (Å²) < 4.78 is 12.0. The maximum atomic E-state index is 14.2. The van der Waals surface area contributed by atoms with Gasteiger partial charge in [0.05, 0.1) is 25.9 Å². The van der Waals surface area contributed by atoms with Crippen LogP contribution in [-0.4, -0.2) is 48.5 Å². The predicted octanol–water partition coefficient (Wildman–Crippen LogP) is 5.59. The van der Waals surface area contributed by atoms with Crippen LogP contribution in [0.5, 0.6) is 0 Å². The molecule has 1 N–H and O–H groups in total. The van der Waals surface area contributed by atoms with Crippen LogP contribution < -0.4 is 5.32 Å². The molecular formula is C35H44N2O5. The standard InChI is InChI=1S/C35H44N2O5/c1-25-35(34(40)41-2)23-29(21-32(38)36-20-12-11-15-26-13-5-3-6-14-26)33(39)37(24-27-16-7-4-8-17-27)31(35)22-30(42-25)28-18-9-10-19-28/h3-8,13-14,16-17,22,25,28-30H,9-12,15,18-21,23-24H2,1-2H3,(H,36,38)/t25-,29+,30-,35+/m1/s1. The molecule has 7 nitrogen and oxygen atoms in total. The van der Waals surface area contributed by atoms with Gasteiger partial charge in [-0.1, -0.05) is 73.5 Å². The summed E-state index contributed by atoms with van der Waals surface area (Å²) >= 11 is 0. The molecule has 224 valence electrons. The molecule has 1 saturated carbocycles. The molecule has 2 amide bonds. The summed E-state index contributed by atoms with van der Waals surface area (Å²) in [6.07, 6.45) is 8.85. The third kappa shape index (κ3) is 6.46. The molecule has 0 aromatic heterocycles. The summed E-state index contributed by atoms with van der Waals surface area (Å²) in [6, 6.07) is 20.1.